The summed E-state index contributed by atoms with van der Waals surface area (Å²) in [5.41, 5.74) is 0.117. The highest BCUT2D eigenvalue weighted by Gasteiger charge is 2.42. The summed E-state index contributed by atoms with van der Waals surface area (Å²) in [7, 11) is 0. The monoisotopic (exact) mass is 344 g/mol. The Labute approximate surface area is 139 Å². The van der Waals surface area contributed by atoms with Gasteiger partial charge >= 0.3 is 6.18 Å². The molecule has 1 saturated heterocycles. The van der Waals surface area contributed by atoms with Crippen LogP contribution in [-0.4, -0.2) is 65.8 Å². The first-order valence-electron chi connectivity index (χ1n) is 8.07. The zero-order chi connectivity index (χ0) is 17.7. The molecule has 2 rings (SSSR count). The van der Waals surface area contributed by atoms with E-state index in [0.717, 1.165) is 0 Å². The van der Waals surface area contributed by atoms with Crippen molar-refractivity contribution in [2.75, 3.05) is 32.7 Å². The van der Waals surface area contributed by atoms with Crippen LogP contribution in [0.1, 0.15) is 24.8 Å². The molecule has 4 nitrogen and oxygen atoms in total. The molecule has 1 N–H and O–H groups in total. The van der Waals surface area contributed by atoms with E-state index in [0.29, 0.717) is 32.7 Å². The number of aliphatic hydroxyl groups is 1. The Bertz CT molecular complexity index is 526. The molecule has 24 heavy (non-hydrogen) atoms. The number of aliphatic hydroxyl groups excluding tert-OH is 1. The number of β-amino-alcohol motifs (C(OH)–C–C–N with tert-alkyl or cyclic N) is 1. The molecule has 1 amide bonds. The molecular weight excluding hydrogens is 321 g/mol. The van der Waals surface area contributed by atoms with E-state index in [9.17, 15) is 23.1 Å². The molecule has 0 saturated carbocycles. The Hall–Kier alpha value is -1.60. The first-order chi connectivity index (χ1) is 11.3. The standard InChI is InChI=1S/C17H23F3N2O2/c1-13(23)12-21-7-9-22(10-8-21)16(24)11-15(17(18,19)20)14-5-3-2-4-6-14/h2-6,13,15,23H,7-12H2,1H3. The molecule has 0 aliphatic carbocycles. The van der Waals surface area contributed by atoms with E-state index in [-0.39, 0.29) is 5.56 Å². The van der Waals surface area contributed by atoms with Gasteiger partial charge in [-0.1, -0.05) is 30.3 Å². The summed E-state index contributed by atoms with van der Waals surface area (Å²) in [6.07, 6.45) is -5.48. The molecule has 1 aliphatic heterocycles. The number of amides is 1. The highest BCUT2D eigenvalue weighted by atomic mass is 19.4. The molecule has 1 aromatic carbocycles. The van der Waals surface area contributed by atoms with Crippen LogP contribution in [0.15, 0.2) is 30.3 Å². The molecule has 1 aromatic rings. The second kappa shape index (κ2) is 7.98. The molecule has 134 valence electrons. The van der Waals surface area contributed by atoms with Crippen LogP contribution in [0.25, 0.3) is 0 Å². The summed E-state index contributed by atoms with van der Waals surface area (Å²) >= 11 is 0. The Balaban J connectivity index is 1.97. The van der Waals surface area contributed by atoms with Crippen molar-refractivity contribution in [1.29, 1.82) is 0 Å². The Morgan fingerprint density at radius 2 is 1.75 bits per heavy atom. The fourth-order valence-electron chi connectivity index (χ4n) is 2.97. The Morgan fingerprint density at radius 1 is 1.17 bits per heavy atom. The molecule has 1 aliphatic rings. The van der Waals surface area contributed by atoms with Crippen LogP contribution in [0.5, 0.6) is 0 Å². The van der Waals surface area contributed by atoms with Crippen molar-refractivity contribution >= 4 is 5.91 Å². The number of piperazine rings is 1. The summed E-state index contributed by atoms with van der Waals surface area (Å²) in [5, 5.41) is 9.37. The minimum atomic E-state index is -4.45. The van der Waals surface area contributed by atoms with Gasteiger partial charge in [0.05, 0.1) is 12.0 Å². The van der Waals surface area contributed by atoms with Crippen molar-refractivity contribution in [3.05, 3.63) is 35.9 Å². The second-order valence-electron chi connectivity index (χ2n) is 6.24. The van der Waals surface area contributed by atoms with Gasteiger partial charge in [0.1, 0.15) is 0 Å². The fourth-order valence-corrected chi connectivity index (χ4v) is 2.97. The molecule has 2 atom stereocenters. The van der Waals surface area contributed by atoms with Gasteiger partial charge in [0.2, 0.25) is 5.91 Å². The van der Waals surface area contributed by atoms with Crippen LogP contribution in [-0.2, 0) is 4.79 Å². The Morgan fingerprint density at radius 3 is 2.25 bits per heavy atom. The van der Waals surface area contributed by atoms with E-state index in [2.05, 4.69) is 0 Å². The van der Waals surface area contributed by atoms with Crippen molar-refractivity contribution in [2.24, 2.45) is 0 Å². The van der Waals surface area contributed by atoms with Crippen LogP contribution >= 0.6 is 0 Å². The quantitative estimate of drug-likeness (QED) is 0.891. The fraction of sp³-hybridized carbons (Fsp3) is 0.588. The largest absolute Gasteiger partial charge is 0.396 e. The third kappa shape index (κ3) is 5.21. The molecule has 0 spiro atoms. The van der Waals surface area contributed by atoms with Gasteiger partial charge < -0.3 is 10.0 Å². The van der Waals surface area contributed by atoms with Crippen LogP contribution in [0.2, 0.25) is 0 Å². The predicted molar refractivity (Wildman–Crippen MR) is 84.6 cm³/mol. The van der Waals surface area contributed by atoms with Crippen LogP contribution in [0, 0.1) is 0 Å². The molecule has 0 bridgehead atoms. The van der Waals surface area contributed by atoms with Crippen molar-refractivity contribution in [3.63, 3.8) is 0 Å². The lowest BCUT2D eigenvalue weighted by Crippen LogP contribution is -2.50. The summed E-state index contributed by atoms with van der Waals surface area (Å²) in [6, 6.07) is 7.57. The van der Waals surface area contributed by atoms with Crippen LogP contribution in [0.4, 0.5) is 13.2 Å². The average molecular weight is 344 g/mol. The van der Waals surface area contributed by atoms with Gasteiger partial charge in [0, 0.05) is 39.1 Å². The minimum absolute atomic E-state index is 0.117. The van der Waals surface area contributed by atoms with Gasteiger partial charge in [-0.25, -0.2) is 0 Å². The third-order valence-corrected chi connectivity index (χ3v) is 4.22. The maximum absolute atomic E-state index is 13.3. The summed E-state index contributed by atoms with van der Waals surface area (Å²) in [5.74, 6) is -2.25. The van der Waals surface area contributed by atoms with Gasteiger partial charge in [-0.05, 0) is 12.5 Å². The van der Waals surface area contributed by atoms with Gasteiger partial charge in [-0.15, -0.1) is 0 Å². The van der Waals surface area contributed by atoms with Gasteiger partial charge in [-0.2, -0.15) is 13.2 Å². The van der Waals surface area contributed by atoms with E-state index in [1.165, 1.54) is 17.0 Å². The maximum atomic E-state index is 13.3. The third-order valence-electron chi connectivity index (χ3n) is 4.22. The number of hydrogen-bond acceptors (Lipinski definition) is 3. The predicted octanol–water partition coefficient (Wildman–Crippen LogP) is 2.25. The van der Waals surface area contributed by atoms with E-state index < -0.39 is 30.5 Å². The lowest BCUT2D eigenvalue weighted by atomic mass is 9.94. The lowest BCUT2D eigenvalue weighted by molar-refractivity contribution is -0.161. The highest BCUT2D eigenvalue weighted by molar-refractivity contribution is 5.77. The minimum Gasteiger partial charge on any atom is -0.392 e. The van der Waals surface area contributed by atoms with E-state index >= 15 is 0 Å². The zero-order valence-electron chi connectivity index (χ0n) is 13.7. The SMILES string of the molecule is CC(O)CN1CCN(C(=O)CC(c2ccccc2)C(F)(F)F)CC1. The molecule has 7 heteroatoms. The normalized spacial score (nSPS) is 19.1. The lowest BCUT2D eigenvalue weighted by Gasteiger charge is -2.36. The molecule has 1 fully saturated rings. The van der Waals surface area contributed by atoms with Gasteiger partial charge in [0.15, 0.2) is 0 Å². The average Bonchev–Trinajstić information content (AvgIpc) is 2.52. The second-order valence-corrected chi connectivity index (χ2v) is 6.24. The maximum Gasteiger partial charge on any atom is 0.396 e. The number of benzene rings is 1. The van der Waals surface area contributed by atoms with Crippen molar-refractivity contribution in [3.8, 4) is 0 Å². The Kier molecular flexibility index (Phi) is 6.23. The number of rotatable bonds is 5. The summed E-state index contributed by atoms with van der Waals surface area (Å²) < 4.78 is 40.0. The van der Waals surface area contributed by atoms with Gasteiger partial charge in [-0.3, -0.25) is 9.69 Å². The van der Waals surface area contributed by atoms with Crippen LogP contribution < -0.4 is 0 Å². The van der Waals surface area contributed by atoms with Crippen molar-refractivity contribution in [1.82, 2.24) is 9.80 Å². The van der Waals surface area contributed by atoms with E-state index in [4.69, 9.17) is 0 Å². The molecule has 1 heterocycles. The number of halogens is 3. The first-order valence-corrected chi connectivity index (χ1v) is 8.07. The number of carbonyl (C=O) groups excluding carboxylic acids is 1. The highest BCUT2D eigenvalue weighted by Crippen LogP contribution is 2.37. The number of hydrogen-bond donors (Lipinski definition) is 1. The first kappa shape index (κ1) is 18.7. The zero-order valence-corrected chi connectivity index (χ0v) is 13.7. The number of carbonyl (C=O) groups is 1. The van der Waals surface area contributed by atoms with Gasteiger partial charge in [0.25, 0.3) is 0 Å². The van der Waals surface area contributed by atoms with E-state index in [1.54, 1.807) is 25.1 Å². The smallest absolute Gasteiger partial charge is 0.392 e. The summed E-state index contributed by atoms with van der Waals surface area (Å²) in [6.45, 7) is 4.12. The molecule has 0 aromatic heterocycles. The number of alkyl halides is 3. The molecule has 2 unspecified atom stereocenters. The van der Waals surface area contributed by atoms with Crippen molar-refractivity contribution in [2.45, 2.75) is 31.5 Å². The number of nitrogens with zero attached hydrogens (tertiary/aromatic N) is 2. The molecule has 0 radical (unpaired) electrons. The van der Waals surface area contributed by atoms with E-state index in [1.807, 2.05) is 4.90 Å². The van der Waals surface area contributed by atoms with Crippen LogP contribution in [0.3, 0.4) is 0 Å². The van der Waals surface area contributed by atoms with Crippen molar-refractivity contribution < 1.29 is 23.1 Å². The topological polar surface area (TPSA) is 43.8 Å². The summed E-state index contributed by atoms with van der Waals surface area (Å²) in [4.78, 5) is 15.8. The molecular formula is C17H23F3N2O2.